The summed E-state index contributed by atoms with van der Waals surface area (Å²) in [5.41, 5.74) is 2.34. The van der Waals surface area contributed by atoms with Gasteiger partial charge in [-0.2, -0.15) is 0 Å². The number of para-hydroxylation sites is 1. The number of rotatable bonds is 4. The van der Waals surface area contributed by atoms with Gasteiger partial charge in [-0.25, -0.2) is 4.98 Å². The standard InChI is InChI=1S/C18H15N3O2S2/c1-9-14(11-5-3-4-6-13(11)19-9)15(22)10(2)25-18-20-16(23)12-7-8-24-17(12)21-18/h3-8,10,19H,1-2H3,(H,20,21,23)/t10-/m1/s1. The van der Waals surface area contributed by atoms with Gasteiger partial charge in [0, 0.05) is 22.2 Å². The summed E-state index contributed by atoms with van der Waals surface area (Å²) in [4.78, 5) is 36.2. The van der Waals surface area contributed by atoms with Gasteiger partial charge in [-0.05, 0) is 31.4 Å². The number of thioether (sulfide) groups is 1. The maximum absolute atomic E-state index is 13.0. The molecule has 0 radical (unpaired) electrons. The Bertz CT molecular complexity index is 1160. The second-order valence-electron chi connectivity index (χ2n) is 5.81. The van der Waals surface area contributed by atoms with E-state index < -0.39 is 0 Å². The zero-order valence-electron chi connectivity index (χ0n) is 13.6. The fourth-order valence-electron chi connectivity index (χ4n) is 2.92. The molecule has 0 fully saturated rings. The Kier molecular flexibility index (Phi) is 3.97. The van der Waals surface area contributed by atoms with E-state index in [2.05, 4.69) is 15.0 Å². The summed E-state index contributed by atoms with van der Waals surface area (Å²) in [6.45, 7) is 3.75. The summed E-state index contributed by atoms with van der Waals surface area (Å²) in [7, 11) is 0. The van der Waals surface area contributed by atoms with Crippen molar-refractivity contribution in [1.29, 1.82) is 0 Å². The van der Waals surface area contributed by atoms with Crippen LogP contribution in [0.2, 0.25) is 0 Å². The average molecular weight is 369 g/mol. The van der Waals surface area contributed by atoms with Crippen LogP contribution in [0.4, 0.5) is 0 Å². The maximum atomic E-state index is 13.0. The number of hydrogen-bond donors (Lipinski definition) is 2. The molecule has 7 heteroatoms. The minimum Gasteiger partial charge on any atom is -0.358 e. The fraction of sp³-hybridized carbons (Fsp3) is 0.167. The van der Waals surface area contributed by atoms with Crippen molar-refractivity contribution in [2.75, 3.05) is 0 Å². The van der Waals surface area contributed by atoms with Crippen LogP contribution in [0.5, 0.6) is 0 Å². The van der Waals surface area contributed by atoms with Crippen molar-refractivity contribution in [2.24, 2.45) is 0 Å². The van der Waals surface area contributed by atoms with E-state index in [9.17, 15) is 9.59 Å². The highest BCUT2D eigenvalue weighted by Gasteiger charge is 2.23. The van der Waals surface area contributed by atoms with Gasteiger partial charge in [-0.3, -0.25) is 9.59 Å². The summed E-state index contributed by atoms with van der Waals surface area (Å²) < 4.78 is 0. The molecule has 1 aromatic carbocycles. The first-order chi connectivity index (χ1) is 12.0. The van der Waals surface area contributed by atoms with Crippen molar-refractivity contribution < 1.29 is 4.79 Å². The average Bonchev–Trinajstić information content (AvgIpc) is 3.17. The highest BCUT2D eigenvalue weighted by Crippen LogP contribution is 2.29. The SMILES string of the molecule is Cc1[nH]c2ccccc2c1C(=O)[C@@H](C)Sc1nc2sccc2c(=O)[nH]1. The molecule has 0 aliphatic heterocycles. The Morgan fingerprint density at radius 1 is 1.20 bits per heavy atom. The van der Waals surface area contributed by atoms with Crippen LogP contribution < -0.4 is 5.56 Å². The molecule has 4 aromatic rings. The molecule has 0 saturated heterocycles. The van der Waals surface area contributed by atoms with Gasteiger partial charge < -0.3 is 9.97 Å². The van der Waals surface area contributed by atoms with Crippen molar-refractivity contribution in [3.8, 4) is 0 Å². The molecule has 0 amide bonds. The van der Waals surface area contributed by atoms with E-state index in [1.807, 2.05) is 43.5 Å². The number of nitrogens with one attached hydrogen (secondary N) is 2. The number of aromatic amines is 2. The van der Waals surface area contributed by atoms with Crippen LogP contribution in [0.3, 0.4) is 0 Å². The highest BCUT2D eigenvalue weighted by atomic mass is 32.2. The van der Waals surface area contributed by atoms with E-state index in [4.69, 9.17) is 0 Å². The number of nitrogens with zero attached hydrogens (tertiary/aromatic N) is 1. The molecule has 25 heavy (non-hydrogen) atoms. The highest BCUT2D eigenvalue weighted by molar-refractivity contribution is 8.00. The summed E-state index contributed by atoms with van der Waals surface area (Å²) in [6, 6.07) is 9.52. The van der Waals surface area contributed by atoms with Crippen molar-refractivity contribution in [1.82, 2.24) is 15.0 Å². The first kappa shape index (κ1) is 16.1. The lowest BCUT2D eigenvalue weighted by molar-refractivity contribution is 0.0995. The molecule has 0 aliphatic rings. The number of Topliss-reactive ketones (excluding diaryl/α,β-unsaturated/α-hetero) is 1. The number of ketones is 1. The normalized spacial score (nSPS) is 12.7. The number of carbonyl (C=O) groups excluding carboxylic acids is 1. The van der Waals surface area contributed by atoms with Crippen molar-refractivity contribution >= 4 is 50.0 Å². The van der Waals surface area contributed by atoms with Crippen molar-refractivity contribution in [3.05, 3.63) is 57.3 Å². The van der Waals surface area contributed by atoms with Gasteiger partial charge in [-0.15, -0.1) is 11.3 Å². The molecule has 0 bridgehead atoms. The summed E-state index contributed by atoms with van der Waals surface area (Å²) in [5, 5.41) is 3.45. The Morgan fingerprint density at radius 2 is 2.00 bits per heavy atom. The summed E-state index contributed by atoms with van der Waals surface area (Å²) in [5.74, 6) is 0.0221. The largest absolute Gasteiger partial charge is 0.358 e. The first-order valence-electron chi connectivity index (χ1n) is 7.80. The topological polar surface area (TPSA) is 78.6 Å². The van der Waals surface area contributed by atoms with Crippen LogP contribution in [0.15, 0.2) is 45.7 Å². The molecule has 126 valence electrons. The predicted molar refractivity (Wildman–Crippen MR) is 103 cm³/mol. The lowest BCUT2D eigenvalue weighted by atomic mass is 10.1. The molecule has 4 rings (SSSR count). The van der Waals surface area contributed by atoms with Gasteiger partial charge in [-0.1, -0.05) is 30.0 Å². The molecule has 0 spiro atoms. The number of H-pyrrole nitrogens is 2. The van der Waals surface area contributed by atoms with Crippen LogP contribution in [-0.4, -0.2) is 26.0 Å². The molecular formula is C18H15N3O2S2. The van der Waals surface area contributed by atoms with Crippen molar-refractivity contribution in [2.45, 2.75) is 24.3 Å². The Hall–Kier alpha value is -2.38. The number of aryl methyl sites for hydroxylation is 1. The Balaban J connectivity index is 1.67. The first-order valence-corrected chi connectivity index (χ1v) is 9.56. The van der Waals surface area contributed by atoms with Gasteiger partial charge in [0.2, 0.25) is 0 Å². The van der Waals surface area contributed by atoms with Crippen LogP contribution in [0.1, 0.15) is 23.0 Å². The van der Waals surface area contributed by atoms with Gasteiger partial charge in [0.05, 0.1) is 10.6 Å². The van der Waals surface area contributed by atoms with Crippen LogP contribution in [0, 0.1) is 6.92 Å². The molecule has 0 saturated carbocycles. The third-order valence-electron chi connectivity index (χ3n) is 4.11. The quantitative estimate of drug-likeness (QED) is 0.322. The smallest absolute Gasteiger partial charge is 0.260 e. The van der Waals surface area contributed by atoms with Crippen molar-refractivity contribution in [3.63, 3.8) is 0 Å². The maximum Gasteiger partial charge on any atom is 0.260 e. The third kappa shape index (κ3) is 2.79. The molecule has 5 nitrogen and oxygen atoms in total. The molecule has 0 unspecified atom stereocenters. The summed E-state index contributed by atoms with van der Waals surface area (Å²) in [6.07, 6.45) is 0. The number of fused-ring (bicyclic) bond motifs is 2. The number of aromatic nitrogens is 3. The second-order valence-corrected chi connectivity index (χ2v) is 8.03. The van der Waals surface area contributed by atoms with Crippen LogP contribution >= 0.6 is 23.1 Å². The van der Waals surface area contributed by atoms with Gasteiger partial charge in [0.15, 0.2) is 10.9 Å². The van der Waals surface area contributed by atoms with E-state index >= 15 is 0 Å². The third-order valence-corrected chi connectivity index (χ3v) is 5.90. The number of hydrogen-bond acceptors (Lipinski definition) is 5. The van der Waals surface area contributed by atoms with Crippen LogP contribution in [-0.2, 0) is 0 Å². The zero-order chi connectivity index (χ0) is 17.6. The lowest BCUT2D eigenvalue weighted by Gasteiger charge is -2.10. The van der Waals surface area contributed by atoms with Gasteiger partial charge in [0.25, 0.3) is 5.56 Å². The zero-order valence-corrected chi connectivity index (χ0v) is 15.3. The van der Waals surface area contributed by atoms with E-state index in [0.717, 1.165) is 16.6 Å². The lowest BCUT2D eigenvalue weighted by Crippen LogP contribution is -2.16. The molecule has 0 aliphatic carbocycles. The van der Waals surface area contributed by atoms with E-state index in [0.29, 0.717) is 20.9 Å². The molecular weight excluding hydrogens is 354 g/mol. The van der Waals surface area contributed by atoms with Crippen LogP contribution in [0.25, 0.3) is 21.1 Å². The fourth-order valence-corrected chi connectivity index (χ4v) is 4.60. The van der Waals surface area contributed by atoms with E-state index in [1.54, 1.807) is 6.07 Å². The Morgan fingerprint density at radius 3 is 2.84 bits per heavy atom. The van der Waals surface area contributed by atoms with Gasteiger partial charge in [0.1, 0.15) is 4.83 Å². The molecule has 2 N–H and O–H groups in total. The number of carbonyl (C=O) groups is 1. The monoisotopic (exact) mass is 369 g/mol. The number of thiophene rings is 1. The second kappa shape index (κ2) is 6.16. The van der Waals surface area contributed by atoms with E-state index in [-0.39, 0.29) is 16.6 Å². The Labute approximate surface area is 151 Å². The predicted octanol–water partition coefficient (Wildman–Crippen LogP) is 4.14. The molecule has 3 aromatic heterocycles. The van der Waals surface area contributed by atoms with E-state index in [1.165, 1.54) is 23.1 Å². The molecule has 3 heterocycles. The summed E-state index contributed by atoms with van der Waals surface area (Å²) >= 11 is 2.69. The minimum absolute atomic E-state index is 0.0221. The number of benzene rings is 1. The molecule has 1 atom stereocenters. The minimum atomic E-state index is -0.363. The van der Waals surface area contributed by atoms with Gasteiger partial charge >= 0.3 is 0 Å².